The molecule has 1 atom stereocenters. The molecule has 0 amide bonds. The first-order chi connectivity index (χ1) is 32.8. The van der Waals surface area contributed by atoms with E-state index < -0.39 is 6.85 Å². The zero-order chi connectivity index (χ0) is 47.2. The van der Waals surface area contributed by atoms with E-state index in [9.17, 15) is 5.11 Å². The molecule has 2 heterocycles. The molecular formula is C61H50N3OPt-. The molecule has 1 N–H and O–H groups in total. The Morgan fingerprint density at radius 1 is 0.591 bits per heavy atom. The number of aromatic nitrogens is 3. The molecule has 0 fully saturated rings. The smallest absolute Gasteiger partial charge is 0.148 e. The summed E-state index contributed by atoms with van der Waals surface area (Å²) in [5.74, 6) is 0.828. The molecule has 0 saturated heterocycles. The second-order valence-corrected chi connectivity index (χ2v) is 17.7. The van der Waals surface area contributed by atoms with Crippen LogP contribution in [-0.2, 0) is 26.5 Å². The van der Waals surface area contributed by atoms with Gasteiger partial charge in [-0.3, -0.25) is 9.55 Å². The number of benzene rings is 8. The van der Waals surface area contributed by atoms with Crippen molar-refractivity contribution in [1.82, 2.24) is 14.5 Å². The van der Waals surface area contributed by atoms with E-state index in [-0.39, 0.29) is 43.7 Å². The van der Waals surface area contributed by atoms with Gasteiger partial charge in [0, 0.05) is 54.1 Å². The minimum Gasteiger partial charge on any atom is -0.507 e. The molecule has 4 nitrogen and oxygen atoms in total. The van der Waals surface area contributed by atoms with Gasteiger partial charge in [-0.15, -0.1) is 29.3 Å². The molecule has 8 aromatic carbocycles. The van der Waals surface area contributed by atoms with Gasteiger partial charge in [-0.25, -0.2) is 4.98 Å². The van der Waals surface area contributed by atoms with Crippen molar-refractivity contribution in [3.8, 4) is 78.6 Å². The SMILES string of the molecule is [2H]C([2H])([2H])c1cc(-c2cc(-c3ccccc3C(C)c3ccccc3)ccn2)[c-]c(-c2cccc3c2nc(-c2cccc(C(C)(C)C)c2O)n3-c2c(-c3ccccc3)cccc2-c2ccccc2)c1.[Pt]. The molecule has 66 heavy (non-hydrogen) atoms. The van der Waals surface area contributed by atoms with Crippen LogP contribution in [0.2, 0.25) is 0 Å². The summed E-state index contributed by atoms with van der Waals surface area (Å²) < 4.78 is 28.3. The van der Waals surface area contributed by atoms with Crippen LogP contribution >= 0.6 is 0 Å². The number of aromatic hydroxyl groups is 1. The Labute approximate surface area is 406 Å². The Hall–Kier alpha value is -7.13. The molecule has 10 aromatic rings. The van der Waals surface area contributed by atoms with Gasteiger partial charge in [0.15, 0.2) is 0 Å². The number of hydrogen-bond acceptors (Lipinski definition) is 3. The number of hydrogen-bond donors (Lipinski definition) is 1. The summed E-state index contributed by atoms with van der Waals surface area (Å²) in [5.41, 5.74) is 14.3. The van der Waals surface area contributed by atoms with Crippen LogP contribution in [0.5, 0.6) is 5.75 Å². The maximum atomic E-state index is 12.3. The molecular weight excluding hydrogens is 986 g/mol. The maximum absolute atomic E-state index is 12.3. The molecule has 0 aliphatic heterocycles. The van der Waals surface area contributed by atoms with E-state index in [0.29, 0.717) is 39.3 Å². The van der Waals surface area contributed by atoms with E-state index in [1.165, 1.54) is 11.1 Å². The second-order valence-electron chi connectivity index (χ2n) is 17.7. The third-order valence-electron chi connectivity index (χ3n) is 12.4. The number of phenolic OH excluding ortho intramolecular Hbond substituents is 1. The van der Waals surface area contributed by atoms with Gasteiger partial charge in [-0.2, -0.15) is 0 Å². The minimum absolute atomic E-state index is 0. The molecule has 0 aliphatic carbocycles. The zero-order valence-electron chi connectivity index (χ0n) is 40.2. The van der Waals surface area contributed by atoms with Crippen molar-refractivity contribution in [2.24, 2.45) is 0 Å². The van der Waals surface area contributed by atoms with Crippen LogP contribution in [0.4, 0.5) is 0 Å². The summed E-state index contributed by atoms with van der Waals surface area (Å²) in [5, 5.41) is 12.3. The maximum Gasteiger partial charge on any atom is 0.148 e. The fourth-order valence-electron chi connectivity index (χ4n) is 9.20. The summed E-state index contributed by atoms with van der Waals surface area (Å²) in [6.45, 7) is 6.04. The molecule has 0 spiro atoms. The summed E-state index contributed by atoms with van der Waals surface area (Å²) in [7, 11) is 0. The minimum atomic E-state index is -2.44. The number of imidazole rings is 1. The number of fused-ring (bicyclic) bond motifs is 1. The van der Waals surface area contributed by atoms with Crippen molar-refractivity contribution in [2.75, 3.05) is 0 Å². The third kappa shape index (κ3) is 8.34. The standard InChI is InChI=1S/C61H50N3O.Pt/c1-40-36-46(38-47(37-40)55-39-45(34-35-62-55)49-27-16-15-26-48(49)41(2)42-20-9-6-10-21-42)50-28-19-33-56-57(50)63-60(53-31-18-32-54(59(53)65)61(3,4)5)64(56)58-51(43-22-11-7-12-23-43)29-17-30-52(58)44-24-13-8-14-25-44;/h6-37,39,41,65H,1-5H3;/q-1;/i1D3;. The number of nitrogens with zero attached hydrogens (tertiary/aromatic N) is 3. The second kappa shape index (κ2) is 18.4. The number of rotatable bonds is 9. The van der Waals surface area contributed by atoms with Crippen molar-refractivity contribution in [3.05, 3.63) is 229 Å². The zero-order valence-corrected chi connectivity index (χ0v) is 39.5. The predicted molar refractivity (Wildman–Crippen MR) is 269 cm³/mol. The fourth-order valence-corrected chi connectivity index (χ4v) is 9.20. The van der Waals surface area contributed by atoms with Gasteiger partial charge in [-0.05, 0) is 62.6 Å². The van der Waals surface area contributed by atoms with Crippen LogP contribution in [0.15, 0.2) is 200 Å². The summed E-state index contributed by atoms with van der Waals surface area (Å²) in [6, 6.07) is 68.8. The number of aryl methyl sites for hydroxylation is 1. The average molecular weight is 1040 g/mol. The molecule has 0 radical (unpaired) electrons. The Morgan fingerprint density at radius 3 is 1.85 bits per heavy atom. The molecule has 2 aromatic heterocycles. The van der Waals surface area contributed by atoms with Crippen LogP contribution in [0.1, 0.15) is 60.0 Å². The molecule has 0 bridgehead atoms. The van der Waals surface area contributed by atoms with E-state index in [4.69, 9.17) is 14.1 Å². The van der Waals surface area contributed by atoms with Gasteiger partial charge >= 0.3 is 0 Å². The van der Waals surface area contributed by atoms with Crippen LogP contribution in [0.3, 0.4) is 0 Å². The van der Waals surface area contributed by atoms with Crippen molar-refractivity contribution in [1.29, 1.82) is 0 Å². The first-order valence-corrected chi connectivity index (χ1v) is 22.1. The predicted octanol–water partition coefficient (Wildman–Crippen LogP) is 15.7. The Kier molecular flexibility index (Phi) is 11.3. The number of pyridine rings is 1. The summed E-state index contributed by atoms with van der Waals surface area (Å²) in [6.07, 6.45) is 1.78. The van der Waals surface area contributed by atoms with Gasteiger partial charge in [-0.1, -0.05) is 209 Å². The van der Waals surface area contributed by atoms with Crippen molar-refractivity contribution in [3.63, 3.8) is 0 Å². The van der Waals surface area contributed by atoms with Gasteiger partial charge in [0.2, 0.25) is 0 Å². The van der Waals surface area contributed by atoms with Gasteiger partial charge in [0.25, 0.3) is 0 Å². The first kappa shape index (κ1) is 40.4. The molecule has 5 heteroatoms. The molecule has 0 aliphatic rings. The van der Waals surface area contributed by atoms with Crippen LogP contribution in [0.25, 0.3) is 83.9 Å². The van der Waals surface area contributed by atoms with E-state index in [1.54, 1.807) is 18.3 Å². The molecule has 1 unspecified atom stereocenters. The van der Waals surface area contributed by atoms with Crippen LogP contribution < -0.4 is 0 Å². The number of phenols is 1. The van der Waals surface area contributed by atoms with Crippen molar-refractivity contribution >= 4 is 11.0 Å². The van der Waals surface area contributed by atoms with Gasteiger partial charge < -0.3 is 5.11 Å². The van der Waals surface area contributed by atoms with E-state index >= 15 is 0 Å². The molecule has 10 rings (SSSR count). The summed E-state index contributed by atoms with van der Waals surface area (Å²) >= 11 is 0. The van der Waals surface area contributed by atoms with Gasteiger partial charge in [0.05, 0.1) is 22.3 Å². The largest absolute Gasteiger partial charge is 0.507 e. The Morgan fingerprint density at radius 2 is 1.17 bits per heavy atom. The Bertz CT molecular complexity index is 3400. The van der Waals surface area contributed by atoms with Crippen molar-refractivity contribution in [2.45, 2.75) is 45.9 Å². The normalized spacial score (nSPS) is 12.8. The van der Waals surface area contributed by atoms with Gasteiger partial charge in [0.1, 0.15) is 11.6 Å². The van der Waals surface area contributed by atoms with E-state index in [0.717, 1.165) is 50.1 Å². The topological polar surface area (TPSA) is 50.9 Å². The molecule has 0 saturated carbocycles. The third-order valence-corrected chi connectivity index (χ3v) is 12.4. The summed E-state index contributed by atoms with van der Waals surface area (Å²) in [4.78, 5) is 10.4. The monoisotopic (exact) mass is 1040 g/mol. The fraction of sp³-hybridized carbons (Fsp3) is 0.115. The van der Waals surface area contributed by atoms with Crippen molar-refractivity contribution < 1.29 is 30.3 Å². The average Bonchev–Trinajstić information content (AvgIpc) is 3.75. The number of para-hydroxylation sites is 3. The van der Waals surface area contributed by atoms with E-state index in [2.05, 4.69) is 123 Å². The molecule has 326 valence electrons. The van der Waals surface area contributed by atoms with Crippen LogP contribution in [-0.4, -0.2) is 19.6 Å². The first-order valence-electron chi connectivity index (χ1n) is 23.6. The van der Waals surface area contributed by atoms with Crippen LogP contribution in [0, 0.1) is 12.9 Å². The quantitative estimate of drug-likeness (QED) is 0.147. The Balaban J connectivity index is 0.00000593. The van der Waals surface area contributed by atoms with E-state index in [1.807, 2.05) is 97.1 Å².